The molecular formula is C12H18F3N3O. The van der Waals surface area contributed by atoms with Crippen molar-refractivity contribution in [1.29, 1.82) is 0 Å². The van der Waals surface area contributed by atoms with Gasteiger partial charge in [0.1, 0.15) is 11.5 Å². The largest absolute Gasteiger partial charge is 0.433 e. The summed E-state index contributed by atoms with van der Waals surface area (Å²) < 4.78 is 43.0. The fourth-order valence-electron chi connectivity index (χ4n) is 1.68. The Balaban J connectivity index is 3.13. The summed E-state index contributed by atoms with van der Waals surface area (Å²) in [5.74, 6) is 0.275. The number of methoxy groups -OCH3 is 1. The highest BCUT2D eigenvalue weighted by Gasteiger charge is 2.33. The van der Waals surface area contributed by atoms with Gasteiger partial charge in [0.25, 0.3) is 0 Å². The van der Waals surface area contributed by atoms with E-state index >= 15 is 0 Å². The van der Waals surface area contributed by atoms with Crippen LogP contribution in [0.3, 0.4) is 0 Å². The van der Waals surface area contributed by atoms with Crippen molar-refractivity contribution in [3.63, 3.8) is 0 Å². The fraction of sp³-hybridized carbons (Fsp3) is 0.583. The third-order valence-corrected chi connectivity index (χ3v) is 2.71. The lowest BCUT2D eigenvalue weighted by Gasteiger charge is -2.24. The molecule has 0 fully saturated rings. The summed E-state index contributed by atoms with van der Waals surface area (Å²) in [5, 5.41) is 0. The Hall–Kier alpha value is -1.34. The van der Waals surface area contributed by atoms with E-state index in [2.05, 4.69) is 4.98 Å². The van der Waals surface area contributed by atoms with Crippen LogP contribution in [0.15, 0.2) is 12.1 Å². The number of ether oxygens (including phenoxy) is 1. The summed E-state index contributed by atoms with van der Waals surface area (Å²) in [4.78, 5) is 5.43. The van der Waals surface area contributed by atoms with Gasteiger partial charge in [0.2, 0.25) is 0 Å². The second-order valence-corrected chi connectivity index (χ2v) is 3.95. The molecule has 0 atom stereocenters. The zero-order valence-corrected chi connectivity index (χ0v) is 11.0. The molecule has 1 aromatic rings. The number of nitrogens with two attached hydrogens (primary N) is 1. The fourth-order valence-corrected chi connectivity index (χ4v) is 1.68. The van der Waals surface area contributed by atoms with Crippen molar-refractivity contribution < 1.29 is 17.9 Å². The van der Waals surface area contributed by atoms with Crippen LogP contribution in [0.4, 0.5) is 19.0 Å². The summed E-state index contributed by atoms with van der Waals surface area (Å²) in [6.45, 7) is 3.40. The van der Waals surface area contributed by atoms with Crippen molar-refractivity contribution in [2.24, 2.45) is 5.73 Å². The molecule has 4 nitrogen and oxygen atoms in total. The molecule has 1 rings (SSSR count). The third-order valence-electron chi connectivity index (χ3n) is 2.71. The molecular weight excluding hydrogens is 259 g/mol. The number of hydrogen-bond acceptors (Lipinski definition) is 4. The molecule has 0 aliphatic heterocycles. The first kappa shape index (κ1) is 15.7. The highest BCUT2D eigenvalue weighted by Crippen LogP contribution is 2.30. The molecule has 7 heteroatoms. The molecule has 0 aromatic carbocycles. The first-order valence-electron chi connectivity index (χ1n) is 5.95. The van der Waals surface area contributed by atoms with Crippen molar-refractivity contribution in [3.8, 4) is 0 Å². The lowest BCUT2D eigenvalue weighted by Crippen LogP contribution is -2.30. The van der Waals surface area contributed by atoms with Crippen LogP contribution < -0.4 is 10.6 Å². The number of aromatic nitrogens is 1. The monoisotopic (exact) mass is 277 g/mol. The first-order valence-corrected chi connectivity index (χ1v) is 5.95. The first-order chi connectivity index (χ1) is 8.93. The molecule has 0 aliphatic carbocycles. The van der Waals surface area contributed by atoms with Gasteiger partial charge in [0.05, 0.1) is 6.61 Å². The van der Waals surface area contributed by atoms with Crippen molar-refractivity contribution >= 4 is 5.82 Å². The molecule has 108 valence electrons. The van der Waals surface area contributed by atoms with E-state index in [-0.39, 0.29) is 12.4 Å². The van der Waals surface area contributed by atoms with Gasteiger partial charge in [-0.1, -0.05) is 6.07 Å². The van der Waals surface area contributed by atoms with Crippen LogP contribution in [-0.2, 0) is 17.5 Å². The van der Waals surface area contributed by atoms with E-state index in [1.165, 1.54) is 13.2 Å². The number of pyridine rings is 1. The van der Waals surface area contributed by atoms with E-state index < -0.39 is 11.9 Å². The zero-order valence-electron chi connectivity index (χ0n) is 11.0. The van der Waals surface area contributed by atoms with Crippen LogP contribution in [0.1, 0.15) is 18.2 Å². The quantitative estimate of drug-likeness (QED) is 0.864. The molecule has 0 spiro atoms. The summed E-state index contributed by atoms with van der Waals surface area (Å²) in [6, 6.07) is 2.33. The normalized spacial score (nSPS) is 11.7. The average molecular weight is 277 g/mol. The Morgan fingerprint density at radius 2 is 2.05 bits per heavy atom. The molecule has 0 aliphatic rings. The van der Waals surface area contributed by atoms with Crippen molar-refractivity contribution in [2.75, 3.05) is 31.7 Å². The lowest BCUT2D eigenvalue weighted by molar-refractivity contribution is -0.141. The Morgan fingerprint density at radius 1 is 1.37 bits per heavy atom. The van der Waals surface area contributed by atoms with Crippen molar-refractivity contribution in [3.05, 3.63) is 23.4 Å². The van der Waals surface area contributed by atoms with Gasteiger partial charge in [0, 0.05) is 32.3 Å². The van der Waals surface area contributed by atoms with Gasteiger partial charge in [-0.25, -0.2) is 4.98 Å². The van der Waals surface area contributed by atoms with E-state index in [1.54, 1.807) is 4.90 Å². The summed E-state index contributed by atoms with van der Waals surface area (Å²) in [5.41, 5.74) is 5.23. The van der Waals surface area contributed by atoms with E-state index in [0.29, 0.717) is 25.3 Å². The maximum Gasteiger partial charge on any atom is 0.433 e. The summed E-state index contributed by atoms with van der Waals surface area (Å²) in [6.07, 6.45) is -4.46. The molecule has 1 heterocycles. The Bertz CT molecular complexity index is 410. The van der Waals surface area contributed by atoms with Crippen molar-refractivity contribution in [2.45, 2.75) is 19.6 Å². The molecule has 0 amide bonds. The van der Waals surface area contributed by atoms with Gasteiger partial charge >= 0.3 is 6.18 Å². The maximum absolute atomic E-state index is 12.7. The minimum Gasteiger partial charge on any atom is -0.383 e. The van der Waals surface area contributed by atoms with Gasteiger partial charge < -0.3 is 15.4 Å². The molecule has 0 saturated heterocycles. The Kier molecular flexibility index (Phi) is 5.56. The predicted octanol–water partition coefficient (Wildman–Crippen LogP) is 2.03. The highest BCUT2D eigenvalue weighted by molar-refractivity contribution is 5.48. The van der Waals surface area contributed by atoms with E-state index in [4.69, 9.17) is 10.5 Å². The SMILES string of the molecule is CCN(CCOC)c1nc(C(F)(F)F)ccc1CN. The van der Waals surface area contributed by atoms with Crippen LogP contribution >= 0.6 is 0 Å². The minimum absolute atomic E-state index is 0.143. The molecule has 0 bridgehead atoms. The smallest absolute Gasteiger partial charge is 0.383 e. The molecule has 2 N–H and O–H groups in total. The van der Waals surface area contributed by atoms with E-state index in [9.17, 15) is 13.2 Å². The Labute approximate surface area is 110 Å². The summed E-state index contributed by atoms with van der Waals surface area (Å²) in [7, 11) is 1.54. The van der Waals surface area contributed by atoms with E-state index in [1.807, 2.05) is 6.92 Å². The number of likely N-dealkylation sites (N-methyl/N-ethyl adjacent to an activating group) is 1. The van der Waals surface area contributed by atoms with Crippen LogP contribution in [0.5, 0.6) is 0 Å². The second-order valence-electron chi connectivity index (χ2n) is 3.95. The topological polar surface area (TPSA) is 51.4 Å². The standard InChI is InChI=1S/C12H18F3N3O/c1-3-18(6-7-19-2)11-9(8-16)4-5-10(17-11)12(13,14)15/h4-5H,3,6-8,16H2,1-2H3. The number of alkyl halides is 3. The second kappa shape index (κ2) is 6.72. The van der Waals surface area contributed by atoms with Gasteiger partial charge in [0.15, 0.2) is 0 Å². The Morgan fingerprint density at radius 3 is 2.53 bits per heavy atom. The average Bonchev–Trinajstić information content (AvgIpc) is 2.38. The van der Waals surface area contributed by atoms with Gasteiger partial charge in [-0.2, -0.15) is 13.2 Å². The van der Waals surface area contributed by atoms with Gasteiger partial charge in [-0.3, -0.25) is 0 Å². The number of anilines is 1. The highest BCUT2D eigenvalue weighted by atomic mass is 19.4. The van der Waals surface area contributed by atoms with Crippen LogP contribution in [-0.4, -0.2) is 31.8 Å². The number of nitrogens with zero attached hydrogens (tertiary/aromatic N) is 2. The molecule has 0 radical (unpaired) electrons. The predicted molar refractivity (Wildman–Crippen MR) is 66.9 cm³/mol. The number of halogens is 3. The minimum atomic E-state index is -4.46. The van der Waals surface area contributed by atoms with Crippen LogP contribution in [0.25, 0.3) is 0 Å². The lowest BCUT2D eigenvalue weighted by atomic mass is 10.2. The third kappa shape index (κ3) is 4.07. The molecule has 0 unspecified atom stereocenters. The molecule has 1 aromatic heterocycles. The van der Waals surface area contributed by atoms with Gasteiger partial charge in [-0.05, 0) is 13.0 Å². The molecule has 0 saturated carbocycles. The number of rotatable bonds is 6. The van der Waals surface area contributed by atoms with Crippen LogP contribution in [0.2, 0.25) is 0 Å². The van der Waals surface area contributed by atoms with Crippen LogP contribution in [0, 0.1) is 0 Å². The molecule has 19 heavy (non-hydrogen) atoms. The number of hydrogen-bond donors (Lipinski definition) is 1. The maximum atomic E-state index is 12.7. The zero-order chi connectivity index (χ0) is 14.5. The van der Waals surface area contributed by atoms with E-state index in [0.717, 1.165) is 6.07 Å². The van der Waals surface area contributed by atoms with Gasteiger partial charge in [-0.15, -0.1) is 0 Å². The van der Waals surface area contributed by atoms with Crippen molar-refractivity contribution in [1.82, 2.24) is 4.98 Å². The summed E-state index contributed by atoms with van der Waals surface area (Å²) >= 11 is 0.